The average Bonchev–Trinajstić information content (AvgIpc) is 2.34. The molecule has 0 radical (unpaired) electrons. The van der Waals surface area contributed by atoms with Crippen molar-refractivity contribution in [3.05, 3.63) is 47.7 Å². The topological polar surface area (TPSA) is 84.2 Å². The van der Waals surface area contributed by atoms with E-state index in [2.05, 4.69) is 10.6 Å². The normalized spacial score (nSPS) is 23.4. The van der Waals surface area contributed by atoms with Crippen molar-refractivity contribution in [3.63, 3.8) is 0 Å². The highest BCUT2D eigenvalue weighted by molar-refractivity contribution is 6.07. The van der Waals surface area contributed by atoms with Crippen LogP contribution in [0.2, 0.25) is 0 Å². The van der Waals surface area contributed by atoms with Gasteiger partial charge in [0.1, 0.15) is 0 Å². The second-order valence-electron chi connectivity index (χ2n) is 3.93. The van der Waals surface area contributed by atoms with Crippen LogP contribution in [0.4, 0.5) is 4.79 Å². The number of hydrogen-bond donors (Lipinski definition) is 3. The van der Waals surface area contributed by atoms with Gasteiger partial charge in [0.2, 0.25) is 5.78 Å². The largest absolute Gasteiger partial charge is 0.320 e. The molecule has 1 atom stereocenters. The Balaban J connectivity index is 2.39. The van der Waals surface area contributed by atoms with Crippen LogP contribution < -0.4 is 16.4 Å². The molecule has 0 saturated heterocycles. The van der Waals surface area contributed by atoms with E-state index in [1.54, 1.807) is 31.2 Å². The lowest BCUT2D eigenvalue weighted by atomic mass is 9.91. The Labute approximate surface area is 98.7 Å². The van der Waals surface area contributed by atoms with E-state index in [4.69, 9.17) is 5.73 Å². The second-order valence-corrected chi connectivity index (χ2v) is 3.93. The summed E-state index contributed by atoms with van der Waals surface area (Å²) >= 11 is 0. The minimum absolute atomic E-state index is 0.332. The Morgan fingerprint density at radius 1 is 1.29 bits per heavy atom. The number of nitrogens with one attached hydrogen (secondary N) is 2. The lowest BCUT2D eigenvalue weighted by Crippen LogP contribution is -2.66. The summed E-state index contributed by atoms with van der Waals surface area (Å²) in [4.78, 5) is 23.5. The molecule has 1 unspecified atom stereocenters. The fraction of sp³-hybridized carbons (Fsp3) is 0.167. The second kappa shape index (κ2) is 4.03. The Morgan fingerprint density at radius 3 is 2.59 bits per heavy atom. The molecule has 1 aliphatic heterocycles. The zero-order valence-electron chi connectivity index (χ0n) is 9.36. The SMILES string of the molecule is CC1=CNC(=O)NC1(N)C(=O)c1ccccc1. The van der Waals surface area contributed by atoms with Crippen molar-refractivity contribution in [2.75, 3.05) is 0 Å². The van der Waals surface area contributed by atoms with E-state index in [0.29, 0.717) is 11.1 Å². The predicted molar refractivity (Wildman–Crippen MR) is 63.1 cm³/mol. The number of nitrogens with two attached hydrogens (primary N) is 1. The molecule has 0 bridgehead atoms. The van der Waals surface area contributed by atoms with Gasteiger partial charge >= 0.3 is 6.03 Å². The molecular weight excluding hydrogens is 218 g/mol. The summed E-state index contributed by atoms with van der Waals surface area (Å²) in [5.41, 5.74) is 5.53. The van der Waals surface area contributed by atoms with E-state index < -0.39 is 11.7 Å². The van der Waals surface area contributed by atoms with E-state index in [0.717, 1.165) is 0 Å². The minimum Gasteiger partial charge on any atom is -0.315 e. The maximum atomic E-state index is 12.3. The van der Waals surface area contributed by atoms with Gasteiger partial charge in [-0.2, -0.15) is 0 Å². The maximum Gasteiger partial charge on any atom is 0.320 e. The first kappa shape index (κ1) is 11.3. The van der Waals surface area contributed by atoms with Gasteiger partial charge in [0.05, 0.1) is 0 Å². The standard InChI is InChI=1S/C12H13N3O2/c1-8-7-14-11(17)15-12(8,13)10(16)9-5-3-2-4-6-9/h2-7H,13H2,1H3,(H2,14,15,17). The quantitative estimate of drug-likeness (QED) is 0.656. The minimum atomic E-state index is -1.47. The maximum absolute atomic E-state index is 12.3. The molecule has 1 aromatic carbocycles. The molecule has 2 amide bonds. The van der Waals surface area contributed by atoms with Crippen molar-refractivity contribution in [3.8, 4) is 0 Å². The van der Waals surface area contributed by atoms with Crippen LogP contribution in [0, 0.1) is 0 Å². The zero-order valence-corrected chi connectivity index (χ0v) is 9.36. The van der Waals surface area contributed by atoms with Crippen LogP contribution in [-0.2, 0) is 0 Å². The molecule has 1 aliphatic rings. The number of urea groups is 1. The molecule has 0 aliphatic carbocycles. The molecular formula is C12H13N3O2. The Bertz CT molecular complexity index is 496. The van der Waals surface area contributed by atoms with Crippen molar-refractivity contribution >= 4 is 11.8 Å². The Morgan fingerprint density at radius 2 is 1.94 bits per heavy atom. The summed E-state index contributed by atoms with van der Waals surface area (Å²) < 4.78 is 0. The smallest absolute Gasteiger partial charge is 0.315 e. The van der Waals surface area contributed by atoms with E-state index in [1.165, 1.54) is 6.20 Å². The number of ketones is 1. The third kappa shape index (κ3) is 1.92. The van der Waals surface area contributed by atoms with Gasteiger partial charge in [-0.25, -0.2) is 4.79 Å². The molecule has 0 spiro atoms. The molecule has 1 aromatic rings. The monoisotopic (exact) mass is 231 g/mol. The molecule has 17 heavy (non-hydrogen) atoms. The summed E-state index contributed by atoms with van der Waals surface area (Å²) in [7, 11) is 0. The number of hydrogen-bond acceptors (Lipinski definition) is 3. The number of Topliss-reactive ketones (excluding diaryl/α,β-unsaturated/α-hetero) is 1. The summed E-state index contributed by atoms with van der Waals surface area (Å²) in [6.45, 7) is 1.69. The highest BCUT2D eigenvalue weighted by atomic mass is 16.2. The van der Waals surface area contributed by atoms with Gasteiger partial charge in [0.15, 0.2) is 5.66 Å². The highest BCUT2D eigenvalue weighted by Crippen LogP contribution is 2.18. The molecule has 4 N–H and O–H groups in total. The summed E-state index contributed by atoms with van der Waals surface area (Å²) in [6, 6.07) is 8.15. The van der Waals surface area contributed by atoms with Crippen molar-refractivity contribution in [1.82, 2.24) is 10.6 Å². The summed E-state index contributed by atoms with van der Waals surface area (Å²) in [6.07, 6.45) is 1.44. The first-order chi connectivity index (χ1) is 8.04. The molecule has 1 heterocycles. The molecule has 5 heteroatoms. The Hall–Kier alpha value is -2.14. The van der Waals surface area contributed by atoms with Gasteiger partial charge in [-0.3, -0.25) is 10.5 Å². The first-order valence-electron chi connectivity index (χ1n) is 5.18. The molecule has 0 saturated carbocycles. The highest BCUT2D eigenvalue weighted by Gasteiger charge is 2.40. The van der Waals surface area contributed by atoms with Gasteiger partial charge in [0.25, 0.3) is 0 Å². The van der Waals surface area contributed by atoms with Crippen LogP contribution in [0.15, 0.2) is 42.1 Å². The van der Waals surface area contributed by atoms with Crippen LogP contribution in [0.1, 0.15) is 17.3 Å². The fourth-order valence-electron chi connectivity index (χ4n) is 1.65. The molecule has 0 aromatic heterocycles. The third-order valence-electron chi connectivity index (χ3n) is 2.75. The van der Waals surface area contributed by atoms with Gasteiger partial charge in [-0.05, 0) is 12.5 Å². The van der Waals surface area contributed by atoms with Crippen LogP contribution in [0.5, 0.6) is 0 Å². The number of benzene rings is 1. The van der Waals surface area contributed by atoms with Crippen LogP contribution >= 0.6 is 0 Å². The van der Waals surface area contributed by atoms with Gasteiger partial charge in [0, 0.05) is 11.8 Å². The fourth-order valence-corrected chi connectivity index (χ4v) is 1.65. The molecule has 88 valence electrons. The predicted octanol–water partition coefficient (Wildman–Crippen LogP) is 0.741. The van der Waals surface area contributed by atoms with Gasteiger partial charge in [-0.15, -0.1) is 0 Å². The van der Waals surface area contributed by atoms with Crippen molar-refractivity contribution in [2.45, 2.75) is 12.6 Å². The zero-order chi connectivity index (χ0) is 12.5. The summed E-state index contributed by atoms with van der Waals surface area (Å²) in [5.74, 6) is -0.332. The van der Waals surface area contributed by atoms with E-state index in [1.807, 2.05) is 6.07 Å². The van der Waals surface area contributed by atoms with E-state index in [-0.39, 0.29) is 5.78 Å². The molecule has 5 nitrogen and oxygen atoms in total. The number of carbonyl (C=O) groups excluding carboxylic acids is 2. The lowest BCUT2D eigenvalue weighted by Gasteiger charge is -2.33. The average molecular weight is 231 g/mol. The van der Waals surface area contributed by atoms with Crippen molar-refractivity contribution < 1.29 is 9.59 Å². The number of carbonyl (C=O) groups is 2. The molecule has 0 fully saturated rings. The lowest BCUT2D eigenvalue weighted by molar-refractivity contribution is 0.0888. The van der Waals surface area contributed by atoms with Crippen LogP contribution in [0.25, 0.3) is 0 Å². The van der Waals surface area contributed by atoms with E-state index >= 15 is 0 Å². The third-order valence-corrected chi connectivity index (χ3v) is 2.75. The van der Waals surface area contributed by atoms with Crippen molar-refractivity contribution in [2.24, 2.45) is 5.73 Å². The van der Waals surface area contributed by atoms with E-state index in [9.17, 15) is 9.59 Å². The van der Waals surface area contributed by atoms with Gasteiger partial charge < -0.3 is 10.6 Å². The number of amides is 2. The summed E-state index contributed by atoms with van der Waals surface area (Å²) in [5, 5.41) is 4.90. The Kier molecular flexibility index (Phi) is 2.69. The van der Waals surface area contributed by atoms with Gasteiger partial charge in [-0.1, -0.05) is 30.3 Å². The van der Waals surface area contributed by atoms with Crippen molar-refractivity contribution in [1.29, 1.82) is 0 Å². The first-order valence-corrected chi connectivity index (χ1v) is 5.18. The van der Waals surface area contributed by atoms with Crippen LogP contribution in [0.3, 0.4) is 0 Å². The number of rotatable bonds is 2. The van der Waals surface area contributed by atoms with Crippen LogP contribution in [-0.4, -0.2) is 17.5 Å². The molecule has 2 rings (SSSR count).